The summed E-state index contributed by atoms with van der Waals surface area (Å²) in [6.45, 7) is 5.19. The summed E-state index contributed by atoms with van der Waals surface area (Å²) >= 11 is 6.22. The average Bonchev–Trinajstić information content (AvgIpc) is 2.53. The van der Waals surface area contributed by atoms with Crippen molar-refractivity contribution in [2.75, 3.05) is 7.11 Å². The van der Waals surface area contributed by atoms with Gasteiger partial charge in [-0.2, -0.15) is 0 Å². The van der Waals surface area contributed by atoms with Gasteiger partial charge in [0.05, 0.1) is 18.2 Å². The Hall–Kier alpha value is -2.60. The SMILES string of the molecule is COc1cc(/C=C/C(=O)C2C(=O)C=C(C)OC2=O)cc(Cl)c1OC(C)C. The fraction of sp³-hybridized carbons (Fsp3) is 0.316. The molecule has 1 aliphatic rings. The van der Waals surface area contributed by atoms with Crippen LogP contribution in [0.2, 0.25) is 5.02 Å². The molecule has 0 bridgehead atoms. The highest BCUT2D eigenvalue weighted by molar-refractivity contribution is 6.32. The highest BCUT2D eigenvalue weighted by Gasteiger charge is 2.36. The molecular weight excluding hydrogens is 360 g/mol. The molecule has 1 unspecified atom stereocenters. The van der Waals surface area contributed by atoms with E-state index in [9.17, 15) is 14.4 Å². The molecule has 0 amide bonds. The molecule has 1 aromatic carbocycles. The topological polar surface area (TPSA) is 78.9 Å². The smallest absolute Gasteiger partial charge is 0.329 e. The van der Waals surface area contributed by atoms with Crippen LogP contribution in [-0.4, -0.2) is 30.7 Å². The molecule has 7 heteroatoms. The standard InChI is InChI=1S/C19H19ClO6/c1-10(2)25-18-13(20)8-12(9-16(18)24-4)5-6-14(21)17-15(22)7-11(3)26-19(17)23/h5-10,17H,1-4H3/b6-5+. The quantitative estimate of drug-likeness (QED) is 0.429. The summed E-state index contributed by atoms with van der Waals surface area (Å²) < 4.78 is 15.7. The summed E-state index contributed by atoms with van der Waals surface area (Å²) in [4.78, 5) is 35.9. The number of hydrogen-bond acceptors (Lipinski definition) is 6. The Morgan fingerprint density at radius 1 is 1.31 bits per heavy atom. The van der Waals surface area contributed by atoms with Gasteiger partial charge < -0.3 is 14.2 Å². The molecule has 0 radical (unpaired) electrons. The summed E-state index contributed by atoms with van der Waals surface area (Å²) in [6.07, 6.45) is 3.63. The first-order chi connectivity index (χ1) is 12.2. The second-order valence-electron chi connectivity index (χ2n) is 5.95. The first-order valence-corrected chi connectivity index (χ1v) is 8.30. The molecule has 2 rings (SSSR count). The molecule has 1 aromatic rings. The average molecular weight is 379 g/mol. The Bertz CT molecular complexity index is 806. The molecule has 0 spiro atoms. The van der Waals surface area contributed by atoms with E-state index in [1.807, 2.05) is 13.8 Å². The van der Waals surface area contributed by atoms with Gasteiger partial charge in [0.25, 0.3) is 0 Å². The molecule has 6 nitrogen and oxygen atoms in total. The molecule has 0 saturated carbocycles. The molecule has 0 saturated heterocycles. The highest BCUT2D eigenvalue weighted by atomic mass is 35.5. The number of ketones is 2. The fourth-order valence-electron chi connectivity index (χ4n) is 2.36. The van der Waals surface area contributed by atoms with Crippen LogP contribution in [0.3, 0.4) is 0 Å². The van der Waals surface area contributed by atoms with Crippen molar-refractivity contribution in [2.24, 2.45) is 5.92 Å². The number of carbonyl (C=O) groups excluding carboxylic acids is 3. The molecule has 1 heterocycles. The Balaban J connectivity index is 2.25. The van der Waals surface area contributed by atoms with E-state index < -0.39 is 23.5 Å². The lowest BCUT2D eigenvalue weighted by Crippen LogP contribution is -2.34. The molecule has 0 N–H and O–H groups in total. The summed E-state index contributed by atoms with van der Waals surface area (Å²) in [6, 6.07) is 3.23. The minimum atomic E-state index is -1.48. The van der Waals surface area contributed by atoms with Gasteiger partial charge in [-0.3, -0.25) is 14.4 Å². The van der Waals surface area contributed by atoms with Crippen LogP contribution < -0.4 is 9.47 Å². The molecule has 0 aliphatic carbocycles. The van der Waals surface area contributed by atoms with Crippen LogP contribution in [0, 0.1) is 5.92 Å². The lowest BCUT2D eigenvalue weighted by Gasteiger charge is -2.16. The summed E-state index contributed by atoms with van der Waals surface area (Å²) in [5.74, 6) is -2.63. The van der Waals surface area contributed by atoms with Crippen molar-refractivity contribution in [2.45, 2.75) is 26.9 Å². The van der Waals surface area contributed by atoms with Crippen molar-refractivity contribution in [1.82, 2.24) is 0 Å². The Morgan fingerprint density at radius 3 is 2.58 bits per heavy atom. The predicted molar refractivity (Wildman–Crippen MR) is 96.2 cm³/mol. The van der Waals surface area contributed by atoms with E-state index in [-0.39, 0.29) is 11.9 Å². The van der Waals surface area contributed by atoms with Crippen LogP contribution in [0.4, 0.5) is 0 Å². The van der Waals surface area contributed by atoms with Gasteiger partial charge in [0, 0.05) is 6.08 Å². The third-order valence-electron chi connectivity index (χ3n) is 3.46. The molecule has 1 aliphatic heterocycles. The maximum absolute atomic E-state index is 12.2. The zero-order chi connectivity index (χ0) is 19.4. The minimum Gasteiger partial charge on any atom is -0.493 e. The van der Waals surface area contributed by atoms with Gasteiger partial charge in [0.15, 0.2) is 29.0 Å². The number of esters is 1. The summed E-state index contributed by atoms with van der Waals surface area (Å²) in [5, 5.41) is 0.317. The third kappa shape index (κ3) is 4.52. The molecule has 138 valence electrons. The highest BCUT2D eigenvalue weighted by Crippen LogP contribution is 2.37. The summed E-state index contributed by atoms with van der Waals surface area (Å²) in [5.41, 5.74) is 0.555. The van der Waals surface area contributed by atoms with Crippen LogP contribution in [0.1, 0.15) is 26.3 Å². The van der Waals surface area contributed by atoms with E-state index in [0.717, 1.165) is 12.2 Å². The van der Waals surface area contributed by atoms with Gasteiger partial charge in [-0.05, 0) is 44.5 Å². The summed E-state index contributed by atoms with van der Waals surface area (Å²) in [7, 11) is 1.48. The number of allylic oxidation sites excluding steroid dienone is 3. The van der Waals surface area contributed by atoms with E-state index in [4.69, 9.17) is 25.8 Å². The Kier molecular flexibility index (Phi) is 6.21. The van der Waals surface area contributed by atoms with E-state index in [1.165, 1.54) is 20.1 Å². The number of cyclic esters (lactones) is 1. The van der Waals surface area contributed by atoms with Crippen molar-refractivity contribution in [3.05, 3.63) is 40.6 Å². The lowest BCUT2D eigenvalue weighted by atomic mass is 9.96. The Labute approximate surface area is 156 Å². The molecule has 1 atom stereocenters. The number of methoxy groups -OCH3 is 1. The maximum atomic E-state index is 12.2. The van der Waals surface area contributed by atoms with Crippen molar-refractivity contribution < 1.29 is 28.6 Å². The normalized spacial score (nSPS) is 17.3. The molecule has 0 aromatic heterocycles. The lowest BCUT2D eigenvalue weighted by molar-refractivity contribution is -0.151. The molecular formula is C19H19ClO6. The number of halogens is 1. The van der Waals surface area contributed by atoms with Crippen molar-refractivity contribution >= 4 is 35.2 Å². The number of carbonyl (C=O) groups is 3. The largest absolute Gasteiger partial charge is 0.493 e. The molecule has 26 heavy (non-hydrogen) atoms. The van der Waals surface area contributed by atoms with Crippen LogP contribution in [-0.2, 0) is 19.1 Å². The second-order valence-corrected chi connectivity index (χ2v) is 6.36. The van der Waals surface area contributed by atoms with E-state index in [1.54, 1.807) is 12.1 Å². The Morgan fingerprint density at radius 2 is 2.00 bits per heavy atom. The zero-order valence-electron chi connectivity index (χ0n) is 14.9. The first-order valence-electron chi connectivity index (χ1n) is 7.93. The van der Waals surface area contributed by atoms with E-state index >= 15 is 0 Å². The minimum absolute atomic E-state index is 0.0933. The number of benzene rings is 1. The van der Waals surface area contributed by atoms with E-state index in [2.05, 4.69) is 0 Å². The van der Waals surface area contributed by atoms with Gasteiger partial charge in [-0.25, -0.2) is 0 Å². The number of rotatable bonds is 6. The second kappa shape index (κ2) is 8.19. The van der Waals surface area contributed by atoms with Crippen molar-refractivity contribution in [3.8, 4) is 11.5 Å². The van der Waals surface area contributed by atoms with Gasteiger partial charge in [0.1, 0.15) is 5.76 Å². The van der Waals surface area contributed by atoms with Gasteiger partial charge in [-0.1, -0.05) is 17.7 Å². The van der Waals surface area contributed by atoms with Crippen molar-refractivity contribution in [3.63, 3.8) is 0 Å². The zero-order valence-corrected chi connectivity index (χ0v) is 15.6. The monoisotopic (exact) mass is 378 g/mol. The van der Waals surface area contributed by atoms with Gasteiger partial charge in [0.2, 0.25) is 0 Å². The number of hydrogen-bond donors (Lipinski definition) is 0. The van der Waals surface area contributed by atoms with Gasteiger partial charge >= 0.3 is 5.97 Å². The van der Waals surface area contributed by atoms with Crippen LogP contribution in [0.15, 0.2) is 30.0 Å². The third-order valence-corrected chi connectivity index (χ3v) is 3.74. The number of ether oxygens (including phenoxy) is 3. The van der Waals surface area contributed by atoms with Crippen LogP contribution in [0.25, 0.3) is 6.08 Å². The van der Waals surface area contributed by atoms with Crippen molar-refractivity contribution in [1.29, 1.82) is 0 Å². The predicted octanol–water partition coefficient (Wildman–Crippen LogP) is 3.36. The maximum Gasteiger partial charge on any atom is 0.329 e. The van der Waals surface area contributed by atoms with Crippen LogP contribution >= 0.6 is 11.6 Å². The fourth-order valence-corrected chi connectivity index (χ4v) is 2.63. The molecule has 0 fully saturated rings. The van der Waals surface area contributed by atoms with Crippen LogP contribution in [0.5, 0.6) is 11.5 Å². The first kappa shape index (κ1) is 19.7. The van der Waals surface area contributed by atoms with Gasteiger partial charge in [-0.15, -0.1) is 0 Å². The van der Waals surface area contributed by atoms with E-state index in [0.29, 0.717) is 22.1 Å².